The topological polar surface area (TPSA) is 85.6 Å². The maximum atomic E-state index is 12.5. The quantitative estimate of drug-likeness (QED) is 0.618. The van der Waals surface area contributed by atoms with Crippen molar-refractivity contribution in [2.24, 2.45) is 0 Å². The molecule has 1 saturated carbocycles. The standard InChI is InChI=1S/C18H26N6OS/c1-12-9-13(2)22-18(21-12)26-14(3)17(25)19-10-16-23-20-11-24(16)15-7-5-4-6-8-15/h9,11,14-15H,4-8,10H2,1-3H3,(H,19,25). The lowest BCUT2D eigenvalue weighted by atomic mass is 9.95. The number of nitrogens with zero attached hydrogens (tertiary/aromatic N) is 5. The van der Waals surface area contributed by atoms with Crippen LogP contribution in [0.1, 0.15) is 62.3 Å². The van der Waals surface area contributed by atoms with Crippen LogP contribution in [-0.4, -0.2) is 35.9 Å². The summed E-state index contributed by atoms with van der Waals surface area (Å²) in [7, 11) is 0. The molecular formula is C18H26N6OS. The van der Waals surface area contributed by atoms with Gasteiger partial charge in [0.15, 0.2) is 11.0 Å². The van der Waals surface area contributed by atoms with E-state index in [1.807, 2.05) is 26.8 Å². The zero-order valence-corrected chi connectivity index (χ0v) is 16.4. The van der Waals surface area contributed by atoms with Crippen LogP contribution in [0, 0.1) is 13.8 Å². The van der Waals surface area contributed by atoms with Gasteiger partial charge in [0.05, 0.1) is 11.8 Å². The van der Waals surface area contributed by atoms with Gasteiger partial charge in [0.2, 0.25) is 5.91 Å². The van der Waals surface area contributed by atoms with Crippen LogP contribution in [0.2, 0.25) is 0 Å². The molecule has 1 fully saturated rings. The van der Waals surface area contributed by atoms with E-state index in [-0.39, 0.29) is 11.2 Å². The van der Waals surface area contributed by atoms with Gasteiger partial charge in [-0.15, -0.1) is 10.2 Å². The van der Waals surface area contributed by atoms with Crippen molar-refractivity contribution in [3.63, 3.8) is 0 Å². The molecule has 8 heteroatoms. The lowest BCUT2D eigenvalue weighted by molar-refractivity contribution is -0.120. The highest BCUT2D eigenvalue weighted by molar-refractivity contribution is 8.00. The summed E-state index contributed by atoms with van der Waals surface area (Å²) in [5.41, 5.74) is 1.82. The summed E-state index contributed by atoms with van der Waals surface area (Å²) in [6.07, 6.45) is 7.92. The van der Waals surface area contributed by atoms with Crippen molar-refractivity contribution in [2.75, 3.05) is 0 Å². The molecule has 0 bridgehead atoms. The highest BCUT2D eigenvalue weighted by Gasteiger charge is 2.20. The van der Waals surface area contributed by atoms with Crippen molar-refractivity contribution in [3.8, 4) is 0 Å². The van der Waals surface area contributed by atoms with Gasteiger partial charge in [-0.05, 0) is 39.7 Å². The molecule has 1 aliphatic rings. The molecule has 0 aliphatic heterocycles. The number of carbonyl (C=O) groups is 1. The number of amides is 1. The van der Waals surface area contributed by atoms with Gasteiger partial charge in [0.1, 0.15) is 6.33 Å². The van der Waals surface area contributed by atoms with E-state index in [4.69, 9.17) is 0 Å². The number of aryl methyl sites for hydroxylation is 2. The van der Waals surface area contributed by atoms with Crippen molar-refractivity contribution in [1.82, 2.24) is 30.0 Å². The second-order valence-corrected chi connectivity index (χ2v) is 8.17. The first kappa shape index (κ1) is 18.8. The molecule has 0 radical (unpaired) electrons. The number of rotatable bonds is 6. The van der Waals surface area contributed by atoms with Gasteiger partial charge >= 0.3 is 0 Å². The van der Waals surface area contributed by atoms with E-state index < -0.39 is 0 Å². The SMILES string of the molecule is Cc1cc(C)nc(SC(C)C(=O)NCc2nncn2C2CCCCC2)n1. The van der Waals surface area contributed by atoms with Crippen molar-refractivity contribution in [1.29, 1.82) is 0 Å². The van der Waals surface area contributed by atoms with E-state index in [1.54, 1.807) is 6.33 Å². The second-order valence-electron chi connectivity index (χ2n) is 6.86. The molecule has 1 amide bonds. The molecule has 2 heterocycles. The van der Waals surface area contributed by atoms with E-state index >= 15 is 0 Å². The monoisotopic (exact) mass is 374 g/mol. The molecular weight excluding hydrogens is 348 g/mol. The van der Waals surface area contributed by atoms with Crippen LogP contribution in [0.4, 0.5) is 0 Å². The summed E-state index contributed by atoms with van der Waals surface area (Å²) in [5.74, 6) is 0.779. The zero-order valence-electron chi connectivity index (χ0n) is 15.6. The first-order valence-electron chi connectivity index (χ1n) is 9.18. The molecule has 26 heavy (non-hydrogen) atoms. The predicted octanol–water partition coefficient (Wildman–Crippen LogP) is 2.99. The number of thioether (sulfide) groups is 1. The molecule has 140 valence electrons. The summed E-state index contributed by atoms with van der Waals surface area (Å²) < 4.78 is 2.13. The molecule has 7 nitrogen and oxygen atoms in total. The molecule has 0 saturated heterocycles. The van der Waals surface area contributed by atoms with Crippen molar-refractivity contribution in [3.05, 3.63) is 29.6 Å². The van der Waals surface area contributed by atoms with E-state index in [1.165, 1.54) is 31.0 Å². The first-order chi connectivity index (χ1) is 12.5. The molecule has 1 N–H and O–H groups in total. The Labute approximate surface area is 158 Å². The van der Waals surface area contributed by atoms with Crippen molar-refractivity contribution < 1.29 is 4.79 Å². The van der Waals surface area contributed by atoms with Crippen LogP contribution < -0.4 is 5.32 Å². The molecule has 0 aromatic carbocycles. The van der Waals surface area contributed by atoms with E-state index in [0.717, 1.165) is 30.1 Å². The Kier molecular flexibility index (Phi) is 6.24. The van der Waals surface area contributed by atoms with Gasteiger partial charge in [-0.25, -0.2) is 9.97 Å². The summed E-state index contributed by atoms with van der Waals surface area (Å²) in [6.45, 7) is 6.13. The highest BCUT2D eigenvalue weighted by Crippen LogP contribution is 2.28. The fraction of sp³-hybridized carbons (Fsp3) is 0.611. The van der Waals surface area contributed by atoms with Gasteiger partial charge in [-0.2, -0.15) is 0 Å². The third-order valence-electron chi connectivity index (χ3n) is 4.65. The molecule has 0 spiro atoms. The summed E-state index contributed by atoms with van der Waals surface area (Å²) >= 11 is 1.37. The molecule has 3 rings (SSSR count). The minimum Gasteiger partial charge on any atom is -0.348 e. The van der Waals surface area contributed by atoms with Crippen molar-refractivity contribution >= 4 is 17.7 Å². The Morgan fingerprint density at radius 1 is 1.27 bits per heavy atom. The smallest absolute Gasteiger partial charge is 0.233 e. The van der Waals surface area contributed by atoms with Gasteiger partial charge in [0, 0.05) is 17.4 Å². The fourth-order valence-corrected chi connectivity index (χ4v) is 4.23. The minimum atomic E-state index is -0.276. The normalized spacial score (nSPS) is 16.4. The number of hydrogen-bond donors (Lipinski definition) is 1. The maximum absolute atomic E-state index is 12.5. The summed E-state index contributed by atoms with van der Waals surface area (Å²) in [4.78, 5) is 21.2. The maximum Gasteiger partial charge on any atom is 0.233 e. The summed E-state index contributed by atoms with van der Waals surface area (Å²) in [6, 6.07) is 2.38. The average molecular weight is 375 g/mol. The van der Waals surface area contributed by atoms with Crippen LogP contribution >= 0.6 is 11.8 Å². The van der Waals surface area contributed by atoms with Crippen molar-refractivity contribution in [2.45, 2.75) is 75.9 Å². The second kappa shape index (κ2) is 8.62. The first-order valence-corrected chi connectivity index (χ1v) is 10.1. The molecule has 1 unspecified atom stereocenters. The molecule has 1 aliphatic carbocycles. The Morgan fingerprint density at radius 2 is 1.96 bits per heavy atom. The summed E-state index contributed by atoms with van der Waals surface area (Å²) in [5, 5.41) is 11.6. The third-order valence-corrected chi connectivity index (χ3v) is 5.61. The number of carbonyl (C=O) groups excluding carboxylic acids is 1. The number of hydrogen-bond acceptors (Lipinski definition) is 6. The predicted molar refractivity (Wildman–Crippen MR) is 101 cm³/mol. The Hall–Kier alpha value is -1.96. The zero-order chi connectivity index (χ0) is 18.5. The highest BCUT2D eigenvalue weighted by atomic mass is 32.2. The van der Waals surface area contributed by atoms with Gasteiger partial charge < -0.3 is 9.88 Å². The van der Waals surface area contributed by atoms with Gasteiger partial charge in [-0.3, -0.25) is 4.79 Å². The van der Waals surface area contributed by atoms with Crippen LogP contribution in [0.15, 0.2) is 17.6 Å². The van der Waals surface area contributed by atoms with Crippen LogP contribution in [-0.2, 0) is 11.3 Å². The number of aromatic nitrogens is 5. The lowest BCUT2D eigenvalue weighted by Gasteiger charge is -2.24. The van der Waals surface area contributed by atoms with Crippen LogP contribution in [0.3, 0.4) is 0 Å². The van der Waals surface area contributed by atoms with E-state index in [0.29, 0.717) is 17.7 Å². The Bertz CT molecular complexity index is 736. The molecule has 2 aromatic heterocycles. The molecule has 1 atom stereocenters. The van der Waals surface area contributed by atoms with Crippen LogP contribution in [0.5, 0.6) is 0 Å². The Morgan fingerprint density at radius 3 is 2.65 bits per heavy atom. The van der Waals surface area contributed by atoms with Gasteiger partial charge in [0.25, 0.3) is 0 Å². The largest absolute Gasteiger partial charge is 0.348 e. The van der Waals surface area contributed by atoms with E-state index in [9.17, 15) is 4.79 Å². The third kappa shape index (κ3) is 4.81. The lowest BCUT2D eigenvalue weighted by Crippen LogP contribution is -2.32. The minimum absolute atomic E-state index is 0.0454. The fourth-order valence-electron chi connectivity index (χ4n) is 3.33. The molecule has 2 aromatic rings. The van der Waals surface area contributed by atoms with E-state index in [2.05, 4.69) is 30.0 Å². The average Bonchev–Trinajstić information content (AvgIpc) is 3.08. The van der Waals surface area contributed by atoms with Gasteiger partial charge in [-0.1, -0.05) is 31.0 Å². The number of nitrogens with one attached hydrogen (secondary N) is 1. The van der Waals surface area contributed by atoms with Crippen LogP contribution in [0.25, 0.3) is 0 Å². The Balaban J connectivity index is 1.56.